The standard InChI is InChI=1S/C20H28F3N3O2/c1-3-4-11-24-19(28)15-10-9-14(2)26(12-15)13-18(27)25-17-8-6-5-7-16(17)20(21,22)23/h5-8,14-15H,3-4,9-13H2,1-2H3,(H,24,28)(H,25,27). The second-order valence-electron chi connectivity index (χ2n) is 7.29. The number of piperidine rings is 1. The number of amides is 2. The van der Waals surface area contributed by atoms with Crippen LogP contribution >= 0.6 is 0 Å². The van der Waals surface area contributed by atoms with Crippen LogP contribution in [0.2, 0.25) is 0 Å². The monoisotopic (exact) mass is 399 g/mol. The zero-order valence-electron chi connectivity index (χ0n) is 16.3. The third-order valence-corrected chi connectivity index (χ3v) is 5.06. The molecule has 0 bridgehead atoms. The van der Waals surface area contributed by atoms with Crippen LogP contribution < -0.4 is 10.6 Å². The van der Waals surface area contributed by atoms with Gasteiger partial charge in [-0.1, -0.05) is 25.5 Å². The SMILES string of the molecule is CCCCNC(=O)C1CCC(C)N(CC(=O)Nc2ccccc2C(F)(F)F)C1. The van der Waals surface area contributed by atoms with Crippen LogP contribution in [0, 0.1) is 5.92 Å². The molecule has 2 atom stereocenters. The molecule has 0 aliphatic carbocycles. The van der Waals surface area contributed by atoms with Crippen LogP contribution in [-0.4, -0.2) is 42.4 Å². The average Bonchev–Trinajstić information content (AvgIpc) is 2.63. The van der Waals surface area contributed by atoms with E-state index in [1.54, 1.807) is 0 Å². The Morgan fingerprint density at radius 1 is 1.21 bits per heavy atom. The molecule has 1 aliphatic heterocycles. The van der Waals surface area contributed by atoms with Gasteiger partial charge < -0.3 is 10.6 Å². The summed E-state index contributed by atoms with van der Waals surface area (Å²) in [5.41, 5.74) is -1.12. The van der Waals surface area contributed by atoms with Crippen molar-refractivity contribution in [2.75, 3.05) is 25.0 Å². The molecule has 1 saturated heterocycles. The summed E-state index contributed by atoms with van der Waals surface area (Å²) in [6, 6.07) is 5.00. The van der Waals surface area contributed by atoms with Crippen LogP contribution in [0.3, 0.4) is 0 Å². The Bertz CT molecular complexity index is 679. The van der Waals surface area contributed by atoms with Crippen molar-refractivity contribution in [1.82, 2.24) is 10.2 Å². The first-order valence-electron chi connectivity index (χ1n) is 9.70. The van der Waals surface area contributed by atoms with Crippen molar-refractivity contribution in [3.63, 3.8) is 0 Å². The Kier molecular flexibility index (Phi) is 7.86. The number of rotatable bonds is 7. The van der Waals surface area contributed by atoms with E-state index in [1.165, 1.54) is 18.2 Å². The van der Waals surface area contributed by atoms with Crippen LogP contribution in [0.15, 0.2) is 24.3 Å². The molecule has 2 unspecified atom stereocenters. The van der Waals surface area contributed by atoms with Gasteiger partial charge in [0.2, 0.25) is 11.8 Å². The number of para-hydroxylation sites is 1. The number of unbranched alkanes of at least 4 members (excludes halogenated alkanes) is 1. The third-order valence-electron chi connectivity index (χ3n) is 5.06. The molecule has 5 nitrogen and oxygen atoms in total. The number of halogens is 3. The third kappa shape index (κ3) is 6.22. The van der Waals surface area contributed by atoms with Gasteiger partial charge in [-0.2, -0.15) is 13.2 Å². The highest BCUT2D eigenvalue weighted by atomic mass is 19.4. The summed E-state index contributed by atoms with van der Waals surface area (Å²) in [7, 11) is 0. The maximum absolute atomic E-state index is 13.1. The van der Waals surface area contributed by atoms with Crippen molar-refractivity contribution in [2.45, 2.75) is 51.7 Å². The fourth-order valence-electron chi connectivity index (χ4n) is 3.36. The van der Waals surface area contributed by atoms with Crippen LogP contribution in [0.25, 0.3) is 0 Å². The first-order chi connectivity index (χ1) is 13.2. The smallest absolute Gasteiger partial charge is 0.356 e. The van der Waals surface area contributed by atoms with Crippen LogP contribution in [0.4, 0.5) is 18.9 Å². The van der Waals surface area contributed by atoms with Crippen LogP contribution in [0.5, 0.6) is 0 Å². The van der Waals surface area contributed by atoms with Gasteiger partial charge in [0, 0.05) is 19.1 Å². The Morgan fingerprint density at radius 3 is 2.61 bits per heavy atom. The molecule has 1 aromatic carbocycles. The number of nitrogens with one attached hydrogen (secondary N) is 2. The van der Waals surface area contributed by atoms with E-state index in [4.69, 9.17) is 0 Å². The summed E-state index contributed by atoms with van der Waals surface area (Å²) in [4.78, 5) is 26.5. The second-order valence-corrected chi connectivity index (χ2v) is 7.29. The highest BCUT2D eigenvalue weighted by molar-refractivity contribution is 5.93. The maximum atomic E-state index is 13.1. The van der Waals surface area contributed by atoms with E-state index in [0.717, 1.165) is 31.7 Å². The highest BCUT2D eigenvalue weighted by Crippen LogP contribution is 2.34. The number of alkyl halides is 3. The van der Waals surface area contributed by atoms with Gasteiger partial charge >= 0.3 is 6.18 Å². The first kappa shape index (κ1) is 22.2. The number of likely N-dealkylation sites (tertiary alicyclic amines) is 1. The summed E-state index contributed by atoms with van der Waals surface area (Å²) in [6.07, 6.45) is -1.12. The Labute approximate surface area is 163 Å². The molecule has 1 aliphatic rings. The Hall–Kier alpha value is -2.09. The van der Waals surface area contributed by atoms with Crippen molar-refractivity contribution in [2.24, 2.45) is 5.92 Å². The second kappa shape index (κ2) is 9.91. The minimum atomic E-state index is -4.54. The number of hydrogen-bond acceptors (Lipinski definition) is 3. The van der Waals surface area contributed by atoms with E-state index < -0.39 is 17.6 Å². The topological polar surface area (TPSA) is 61.4 Å². The van der Waals surface area contributed by atoms with E-state index in [2.05, 4.69) is 10.6 Å². The molecular formula is C20H28F3N3O2. The van der Waals surface area contributed by atoms with Gasteiger partial charge in [0.25, 0.3) is 0 Å². The van der Waals surface area contributed by atoms with E-state index in [9.17, 15) is 22.8 Å². The minimum Gasteiger partial charge on any atom is -0.356 e. The quantitative estimate of drug-likeness (QED) is 0.688. The predicted molar refractivity (Wildman–Crippen MR) is 102 cm³/mol. The van der Waals surface area contributed by atoms with Crippen molar-refractivity contribution in [1.29, 1.82) is 0 Å². The maximum Gasteiger partial charge on any atom is 0.418 e. The number of hydrogen-bond donors (Lipinski definition) is 2. The van der Waals surface area contributed by atoms with Gasteiger partial charge in [0.15, 0.2) is 0 Å². The number of nitrogens with zero attached hydrogens (tertiary/aromatic N) is 1. The summed E-state index contributed by atoms with van der Waals surface area (Å²) >= 11 is 0. The molecule has 8 heteroatoms. The lowest BCUT2D eigenvalue weighted by atomic mass is 9.92. The molecule has 0 saturated carbocycles. The summed E-state index contributed by atoms with van der Waals surface area (Å²) in [6.45, 7) is 5.02. The van der Waals surface area contributed by atoms with Gasteiger partial charge in [0.05, 0.1) is 23.7 Å². The zero-order chi connectivity index (χ0) is 20.7. The number of carbonyl (C=O) groups is 2. The molecule has 2 amide bonds. The lowest BCUT2D eigenvalue weighted by Crippen LogP contribution is -2.49. The molecule has 0 aromatic heterocycles. The van der Waals surface area contributed by atoms with Gasteiger partial charge in [-0.05, 0) is 38.3 Å². The van der Waals surface area contributed by atoms with E-state index in [0.29, 0.717) is 13.1 Å². The zero-order valence-corrected chi connectivity index (χ0v) is 16.3. The van der Waals surface area contributed by atoms with Gasteiger partial charge in [0.1, 0.15) is 0 Å². The molecule has 0 radical (unpaired) electrons. The van der Waals surface area contributed by atoms with Crippen molar-refractivity contribution < 1.29 is 22.8 Å². The normalized spacial score (nSPS) is 20.6. The van der Waals surface area contributed by atoms with Crippen molar-refractivity contribution >= 4 is 17.5 Å². The number of carbonyl (C=O) groups excluding carboxylic acids is 2. The van der Waals surface area contributed by atoms with Gasteiger partial charge in [-0.25, -0.2) is 0 Å². The minimum absolute atomic E-state index is 0.0202. The summed E-state index contributed by atoms with van der Waals surface area (Å²) in [5, 5.41) is 5.28. The number of benzene rings is 1. The van der Waals surface area contributed by atoms with E-state index >= 15 is 0 Å². The largest absolute Gasteiger partial charge is 0.418 e. The lowest BCUT2D eigenvalue weighted by molar-refractivity contribution is -0.137. The summed E-state index contributed by atoms with van der Waals surface area (Å²) in [5.74, 6) is -0.743. The van der Waals surface area contributed by atoms with Crippen molar-refractivity contribution in [3.8, 4) is 0 Å². The Morgan fingerprint density at radius 2 is 1.93 bits per heavy atom. The molecule has 156 valence electrons. The lowest BCUT2D eigenvalue weighted by Gasteiger charge is -2.36. The van der Waals surface area contributed by atoms with E-state index in [-0.39, 0.29) is 30.1 Å². The molecular weight excluding hydrogens is 371 g/mol. The fourth-order valence-corrected chi connectivity index (χ4v) is 3.36. The first-order valence-corrected chi connectivity index (χ1v) is 9.70. The highest BCUT2D eigenvalue weighted by Gasteiger charge is 2.34. The van der Waals surface area contributed by atoms with E-state index in [1.807, 2.05) is 18.7 Å². The number of anilines is 1. The average molecular weight is 399 g/mol. The molecule has 0 spiro atoms. The molecule has 1 aromatic rings. The molecule has 28 heavy (non-hydrogen) atoms. The molecule has 1 heterocycles. The van der Waals surface area contributed by atoms with Crippen LogP contribution in [0.1, 0.15) is 45.1 Å². The van der Waals surface area contributed by atoms with Crippen molar-refractivity contribution in [3.05, 3.63) is 29.8 Å². The molecule has 1 fully saturated rings. The molecule has 2 rings (SSSR count). The Balaban J connectivity index is 1.96. The predicted octanol–water partition coefficient (Wildman–Crippen LogP) is 3.66. The van der Waals surface area contributed by atoms with Gasteiger partial charge in [-0.15, -0.1) is 0 Å². The molecule has 2 N–H and O–H groups in total. The fraction of sp³-hybridized carbons (Fsp3) is 0.600. The van der Waals surface area contributed by atoms with Crippen LogP contribution in [-0.2, 0) is 15.8 Å². The summed E-state index contributed by atoms with van der Waals surface area (Å²) < 4.78 is 39.2. The van der Waals surface area contributed by atoms with Gasteiger partial charge in [-0.3, -0.25) is 14.5 Å².